The highest BCUT2D eigenvalue weighted by molar-refractivity contribution is 7.92. The zero-order valence-electron chi connectivity index (χ0n) is 18.5. The van der Waals surface area contributed by atoms with E-state index in [1.165, 1.54) is 37.3 Å². The Kier molecular flexibility index (Phi) is 7.72. The van der Waals surface area contributed by atoms with Crippen LogP contribution < -0.4 is 10.0 Å². The Balaban J connectivity index is 1.74. The number of non-ortho nitro benzene ring substituents is 1. The predicted molar refractivity (Wildman–Crippen MR) is 130 cm³/mol. The molecular weight excluding hydrogens is 498 g/mol. The van der Waals surface area contributed by atoms with Crippen LogP contribution in [0.5, 0.6) is 0 Å². The topological polar surface area (TPSA) is 145 Å². The first-order chi connectivity index (χ1) is 16.5. The summed E-state index contributed by atoms with van der Waals surface area (Å²) in [7, 11) is -4.05. The summed E-state index contributed by atoms with van der Waals surface area (Å²) in [6, 6.07) is 15.5. The molecule has 0 radical (unpaired) electrons. The van der Waals surface area contributed by atoms with Gasteiger partial charge in [-0.3, -0.25) is 19.6 Å². The lowest BCUT2D eigenvalue weighted by Crippen LogP contribution is -2.30. The zero-order chi connectivity index (χ0) is 25.8. The Morgan fingerprint density at radius 3 is 2.40 bits per heavy atom. The minimum atomic E-state index is -4.05. The van der Waals surface area contributed by atoms with Gasteiger partial charge in [-0.1, -0.05) is 29.8 Å². The van der Waals surface area contributed by atoms with E-state index in [1.54, 1.807) is 18.2 Å². The number of benzene rings is 3. The molecule has 12 heteroatoms. The van der Waals surface area contributed by atoms with Gasteiger partial charge in [-0.2, -0.15) is 0 Å². The van der Waals surface area contributed by atoms with Gasteiger partial charge >= 0.3 is 5.97 Å². The number of ether oxygens (including phenoxy) is 1. The molecule has 1 atom stereocenters. The van der Waals surface area contributed by atoms with Gasteiger partial charge < -0.3 is 10.1 Å². The molecule has 0 spiro atoms. The Labute approximate surface area is 206 Å². The minimum absolute atomic E-state index is 0.0733. The number of rotatable bonds is 8. The summed E-state index contributed by atoms with van der Waals surface area (Å²) < 4.78 is 33.2. The molecule has 3 aromatic rings. The molecule has 1 unspecified atom stereocenters. The number of hydrogen-bond acceptors (Lipinski definition) is 7. The van der Waals surface area contributed by atoms with Gasteiger partial charge in [-0.25, -0.2) is 13.2 Å². The molecule has 35 heavy (non-hydrogen) atoms. The Morgan fingerprint density at radius 1 is 1.03 bits per heavy atom. The summed E-state index contributed by atoms with van der Waals surface area (Å²) in [5, 5.41) is 13.2. The lowest BCUT2D eigenvalue weighted by atomic mass is 10.2. The van der Waals surface area contributed by atoms with Gasteiger partial charge in [0, 0.05) is 23.5 Å². The highest BCUT2D eigenvalue weighted by Gasteiger charge is 2.24. The number of amides is 1. The lowest BCUT2D eigenvalue weighted by Gasteiger charge is -2.15. The van der Waals surface area contributed by atoms with E-state index >= 15 is 0 Å². The first kappa shape index (κ1) is 25.7. The standard InChI is InChI=1S/C23H20ClN3O7S/c1-14-5-3-7-17(11-14)26-35(32,33)19-9-10-21(24)20(13-19)23(29)34-15(2)22(28)25-16-6-4-8-18(12-16)27(30)31/h3-13,15,26H,1-2H3,(H,25,28). The average molecular weight is 518 g/mol. The van der Waals surface area contributed by atoms with Crippen molar-refractivity contribution in [1.82, 2.24) is 0 Å². The second kappa shape index (κ2) is 10.5. The van der Waals surface area contributed by atoms with Gasteiger partial charge in [0.15, 0.2) is 6.10 Å². The van der Waals surface area contributed by atoms with Crippen molar-refractivity contribution in [3.63, 3.8) is 0 Å². The van der Waals surface area contributed by atoms with Crippen molar-refractivity contribution in [2.24, 2.45) is 0 Å². The highest BCUT2D eigenvalue weighted by Crippen LogP contribution is 2.24. The normalized spacial score (nSPS) is 11.9. The van der Waals surface area contributed by atoms with E-state index in [1.807, 2.05) is 13.0 Å². The van der Waals surface area contributed by atoms with E-state index in [-0.39, 0.29) is 26.9 Å². The number of hydrogen-bond donors (Lipinski definition) is 2. The summed E-state index contributed by atoms with van der Waals surface area (Å²) in [4.78, 5) is 35.1. The van der Waals surface area contributed by atoms with Crippen molar-refractivity contribution >= 4 is 50.6 Å². The SMILES string of the molecule is Cc1cccc(NS(=O)(=O)c2ccc(Cl)c(C(=O)OC(C)C(=O)Nc3cccc([N+](=O)[O-])c3)c2)c1. The molecule has 3 aromatic carbocycles. The molecule has 0 heterocycles. The molecule has 3 rings (SSSR count). The number of carbonyl (C=O) groups excluding carboxylic acids is 2. The third kappa shape index (κ3) is 6.55. The fraction of sp³-hybridized carbons (Fsp3) is 0.130. The van der Waals surface area contributed by atoms with E-state index < -0.39 is 32.9 Å². The number of halogens is 1. The van der Waals surface area contributed by atoms with Gasteiger partial charge in [0.25, 0.3) is 21.6 Å². The van der Waals surface area contributed by atoms with Crippen LogP contribution in [0.15, 0.2) is 71.6 Å². The maximum Gasteiger partial charge on any atom is 0.340 e. The monoisotopic (exact) mass is 517 g/mol. The van der Waals surface area contributed by atoms with E-state index in [2.05, 4.69) is 10.0 Å². The van der Waals surface area contributed by atoms with Gasteiger partial charge in [-0.05, 0) is 55.8 Å². The molecule has 182 valence electrons. The first-order valence-corrected chi connectivity index (χ1v) is 12.0. The summed E-state index contributed by atoms with van der Waals surface area (Å²) >= 11 is 6.08. The number of nitrogens with zero attached hydrogens (tertiary/aromatic N) is 1. The maximum atomic E-state index is 12.8. The molecular formula is C23H20ClN3O7S. The number of esters is 1. The molecule has 1 amide bonds. The molecule has 0 aliphatic heterocycles. The van der Waals surface area contributed by atoms with Crippen LogP contribution >= 0.6 is 11.6 Å². The number of nitro benzene ring substituents is 1. The van der Waals surface area contributed by atoms with Crippen LogP contribution in [-0.4, -0.2) is 31.3 Å². The molecule has 0 aliphatic rings. The van der Waals surface area contributed by atoms with Crippen molar-refractivity contribution < 1.29 is 27.7 Å². The van der Waals surface area contributed by atoms with Crippen molar-refractivity contribution in [3.05, 3.63) is 93.0 Å². The number of aryl methyl sites for hydroxylation is 1. The molecule has 0 bridgehead atoms. The van der Waals surface area contributed by atoms with Crippen LogP contribution in [0.4, 0.5) is 17.1 Å². The average Bonchev–Trinajstić information content (AvgIpc) is 2.79. The second-order valence-corrected chi connectivity index (χ2v) is 9.55. The Morgan fingerprint density at radius 2 is 1.71 bits per heavy atom. The fourth-order valence-corrected chi connectivity index (χ4v) is 4.24. The smallest absolute Gasteiger partial charge is 0.340 e. The summed E-state index contributed by atoms with van der Waals surface area (Å²) in [6.45, 7) is 3.10. The van der Waals surface area contributed by atoms with E-state index in [9.17, 15) is 28.1 Å². The molecule has 0 fully saturated rings. The third-order valence-electron chi connectivity index (χ3n) is 4.72. The van der Waals surface area contributed by atoms with Gasteiger partial charge in [0.2, 0.25) is 0 Å². The minimum Gasteiger partial charge on any atom is -0.449 e. The predicted octanol–water partition coefficient (Wildman–Crippen LogP) is 4.54. The molecule has 0 aliphatic carbocycles. The van der Waals surface area contributed by atoms with Crippen molar-refractivity contribution in [2.75, 3.05) is 10.0 Å². The lowest BCUT2D eigenvalue weighted by molar-refractivity contribution is -0.384. The van der Waals surface area contributed by atoms with Crippen LogP contribution in [0.3, 0.4) is 0 Å². The number of nitro groups is 1. The van der Waals surface area contributed by atoms with Gasteiger partial charge in [-0.15, -0.1) is 0 Å². The summed E-state index contributed by atoms with van der Waals surface area (Å²) in [6.07, 6.45) is -1.32. The second-order valence-electron chi connectivity index (χ2n) is 7.46. The number of nitrogens with one attached hydrogen (secondary N) is 2. The molecule has 0 saturated carbocycles. The van der Waals surface area contributed by atoms with Gasteiger partial charge in [0.05, 0.1) is 20.4 Å². The fourth-order valence-electron chi connectivity index (χ4n) is 2.97. The molecule has 0 saturated heterocycles. The van der Waals surface area contributed by atoms with Crippen molar-refractivity contribution in [2.45, 2.75) is 24.8 Å². The molecule has 10 nitrogen and oxygen atoms in total. The van der Waals surface area contributed by atoms with Crippen LogP contribution in [-0.2, 0) is 19.6 Å². The molecule has 2 N–H and O–H groups in total. The van der Waals surface area contributed by atoms with E-state index in [0.717, 1.165) is 17.7 Å². The van der Waals surface area contributed by atoms with Gasteiger partial charge in [0.1, 0.15) is 0 Å². The van der Waals surface area contributed by atoms with E-state index in [4.69, 9.17) is 16.3 Å². The van der Waals surface area contributed by atoms with Crippen LogP contribution in [0.25, 0.3) is 0 Å². The molecule has 0 aromatic heterocycles. The maximum absolute atomic E-state index is 12.8. The number of carbonyl (C=O) groups is 2. The number of anilines is 2. The largest absolute Gasteiger partial charge is 0.449 e. The van der Waals surface area contributed by atoms with Crippen LogP contribution in [0.2, 0.25) is 5.02 Å². The summed E-state index contributed by atoms with van der Waals surface area (Å²) in [5.41, 5.74) is 0.851. The Bertz CT molecular complexity index is 1410. The van der Waals surface area contributed by atoms with Crippen molar-refractivity contribution in [1.29, 1.82) is 0 Å². The zero-order valence-corrected chi connectivity index (χ0v) is 20.1. The van der Waals surface area contributed by atoms with Crippen LogP contribution in [0.1, 0.15) is 22.8 Å². The van der Waals surface area contributed by atoms with Crippen LogP contribution in [0, 0.1) is 17.0 Å². The Hall–Kier alpha value is -3.96. The highest BCUT2D eigenvalue weighted by atomic mass is 35.5. The van der Waals surface area contributed by atoms with Crippen molar-refractivity contribution in [3.8, 4) is 0 Å². The number of sulfonamides is 1. The third-order valence-corrected chi connectivity index (χ3v) is 6.42. The summed E-state index contributed by atoms with van der Waals surface area (Å²) in [5.74, 6) is -1.77. The van der Waals surface area contributed by atoms with E-state index in [0.29, 0.717) is 5.69 Å². The first-order valence-electron chi connectivity index (χ1n) is 10.1. The quantitative estimate of drug-likeness (QED) is 0.253.